The lowest BCUT2D eigenvalue weighted by molar-refractivity contribution is -0.144. The van der Waals surface area contributed by atoms with Crippen molar-refractivity contribution in [2.75, 3.05) is 6.54 Å². The maximum absolute atomic E-state index is 13.6. The Labute approximate surface area is 191 Å². The summed E-state index contributed by atoms with van der Waals surface area (Å²) in [5.74, 6) is 0.462. The zero-order chi connectivity index (χ0) is 22.2. The molecule has 2 aromatic rings. The molecule has 0 unspecified atom stereocenters. The van der Waals surface area contributed by atoms with Gasteiger partial charge in [-0.25, -0.2) is 0 Å². The van der Waals surface area contributed by atoms with E-state index >= 15 is 0 Å². The molecule has 4 nitrogen and oxygen atoms in total. The van der Waals surface area contributed by atoms with E-state index in [9.17, 15) is 9.59 Å². The van der Waals surface area contributed by atoms with E-state index in [0.717, 1.165) is 31.2 Å². The molecule has 1 aliphatic carbocycles. The Balaban J connectivity index is 1.79. The fraction of sp³-hybridized carbons (Fsp3) is 0.538. The van der Waals surface area contributed by atoms with Crippen LogP contribution in [0.25, 0.3) is 0 Å². The number of carbonyl (C=O) groups is 2. The molecular weight excluding hydrogens is 404 g/mol. The molecule has 1 fully saturated rings. The number of thiophene rings is 1. The molecular formula is C26H36N2O2S. The first-order chi connectivity index (χ1) is 14.9. The minimum absolute atomic E-state index is 0.0410. The van der Waals surface area contributed by atoms with Gasteiger partial charge < -0.3 is 9.80 Å². The number of amides is 2. The van der Waals surface area contributed by atoms with Gasteiger partial charge in [0, 0.05) is 23.9 Å². The molecule has 5 heteroatoms. The minimum atomic E-state index is 0.0410. The monoisotopic (exact) mass is 440 g/mol. The summed E-state index contributed by atoms with van der Waals surface area (Å²) in [6.07, 6.45) is 6.06. The van der Waals surface area contributed by atoms with Gasteiger partial charge in [0.1, 0.15) is 6.54 Å². The van der Waals surface area contributed by atoms with Crippen LogP contribution in [0.5, 0.6) is 0 Å². The average molecular weight is 441 g/mol. The molecule has 1 aromatic heterocycles. The minimum Gasteiger partial charge on any atom is -0.332 e. The van der Waals surface area contributed by atoms with Gasteiger partial charge >= 0.3 is 0 Å². The van der Waals surface area contributed by atoms with Crippen LogP contribution in [0.3, 0.4) is 0 Å². The Bertz CT molecular complexity index is 840. The summed E-state index contributed by atoms with van der Waals surface area (Å²) in [7, 11) is 0. The Hall–Kier alpha value is -2.14. The predicted molar refractivity (Wildman–Crippen MR) is 128 cm³/mol. The van der Waals surface area contributed by atoms with Crippen molar-refractivity contribution in [3.05, 3.63) is 57.8 Å². The summed E-state index contributed by atoms with van der Waals surface area (Å²) in [4.78, 5) is 31.7. The largest absolute Gasteiger partial charge is 0.332 e. The van der Waals surface area contributed by atoms with Crippen LogP contribution in [0.4, 0.5) is 0 Å². The summed E-state index contributed by atoms with van der Waals surface area (Å²) < 4.78 is 0. The quantitative estimate of drug-likeness (QED) is 0.495. The second-order valence-corrected chi connectivity index (χ2v) is 10.2. The number of nitrogens with zero attached hydrogens (tertiary/aromatic N) is 2. The molecule has 2 amide bonds. The summed E-state index contributed by atoms with van der Waals surface area (Å²) in [5, 5.41) is 2.08. The number of hydrogen-bond donors (Lipinski definition) is 0. The first kappa shape index (κ1) is 23.5. The second-order valence-electron chi connectivity index (χ2n) is 9.17. The Morgan fingerprint density at radius 3 is 2.32 bits per heavy atom. The third-order valence-electron chi connectivity index (χ3n) is 6.10. The molecule has 1 heterocycles. The zero-order valence-corrected chi connectivity index (χ0v) is 20.0. The van der Waals surface area contributed by atoms with E-state index in [1.165, 1.54) is 16.9 Å². The van der Waals surface area contributed by atoms with E-state index in [1.54, 1.807) is 11.3 Å². The number of rotatable bonds is 9. The molecule has 1 aromatic carbocycles. The van der Waals surface area contributed by atoms with Crippen LogP contribution in [-0.4, -0.2) is 34.2 Å². The van der Waals surface area contributed by atoms with E-state index in [2.05, 4.69) is 44.4 Å². The van der Waals surface area contributed by atoms with E-state index in [4.69, 9.17) is 0 Å². The van der Waals surface area contributed by atoms with E-state index in [0.29, 0.717) is 25.4 Å². The number of hydrogen-bond acceptors (Lipinski definition) is 3. The van der Waals surface area contributed by atoms with Crippen LogP contribution >= 0.6 is 11.3 Å². The summed E-state index contributed by atoms with van der Waals surface area (Å²) in [6, 6.07) is 12.4. The SMILES string of the molecule is Cc1ccsc1CN(Cc1ccccc1)C(=O)CN(C(=O)CC(C)C)C1CCCCC1. The molecule has 0 atom stereocenters. The first-order valence-corrected chi connectivity index (χ1v) is 12.5. The standard InChI is InChI=1S/C26H36N2O2S/c1-20(2)16-25(29)28(23-12-8-5-9-13-23)19-26(30)27(17-22-10-6-4-7-11-22)18-24-21(3)14-15-31-24/h4,6-7,10-11,14-15,20,23H,5,8-9,12-13,16-19H2,1-3H3. The smallest absolute Gasteiger partial charge is 0.242 e. The normalized spacial score (nSPS) is 14.6. The predicted octanol–water partition coefficient (Wildman–Crippen LogP) is 5.79. The van der Waals surface area contributed by atoms with Crippen molar-refractivity contribution in [2.24, 2.45) is 5.92 Å². The lowest BCUT2D eigenvalue weighted by atomic mass is 9.93. The van der Waals surface area contributed by atoms with Gasteiger partial charge in [0.25, 0.3) is 0 Å². The van der Waals surface area contributed by atoms with Crippen LogP contribution in [-0.2, 0) is 22.7 Å². The van der Waals surface area contributed by atoms with Gasteiger partial charge in [-0.3, -0.25) is 9.59 Å². The third-order valence-corrected chi connectivity index (χ3v) is 7.10. The molecule has 168 valence electrons. The zero-order valence-electron chi connectivity index (χ0n) is 19.2. The van der Waals surface area contributed by atoms with E-state index < -0.39 is 0 Å². The van der Waals surface area contributed by atoms with Gasteiger partial charge in [-0.15, -0.1) is 11.3 Å². The van der Waals surface area contributed by atoms with Crippen molar-refractivity contribution >= 4 is 23.2 Å². The number of benzene rings is 1. The Kier molecular flexibility index (Phi) is 8.70. The maximum Gasteiger partial charge on any atom is 0.242 e. The van der Waals surface area contributed by atoms with Crippen LogP contribution in [0.2, 0.25) is 0 Å². The topological polar surface area (TPSA) is 40.6 Å². The highest BCUT2D eigenvalue weighted by molar-refractivity contribution is 7.10. The molecule has 0 spiro atoms. The molecule has 0 saturated heterocycles. The van der Waals surface area contributed by atoms with Crippen molar-refractivity contribution in [1.82, 2.24) is 9.80 Å². The second kappa shape index (κ2) is 11.5. The lowest BCUT2D eigenvalue weighted by Gasteiger charge is -2.36. The molecule has 0 bridgehead atoms. The maximum atomic E-state index is 13.6. The molecule has 0 aliphatic heterocycles. The molecule has 1 saturated carbocycles. The first-order valence-electron chi connectivity index (χ1n) is 11.6. The molecule has 0 radical (unpaired) electrons. The fourth-order valence-electron chi connectivity index (χ4n) is 4.30. The fourth-order valence-corrected chi connectivity index (χ4v) is 5.22. The van der Waals surface area contributed by atoms with Gasteiger partial charge in [0.2, 0.25) is 11.8 Å². The van der Waals surface area contributed by atoms with Crippen molar-refractivity contribution in [3.8, 4) is 0 Å². The van der Waals surface area contributed by atoms with Crippen molar-refractivity contribution in [1.29, 1.82) is 0 Å². The van der Waals surface area contributed by atoms with Crippen LogP contribution in [0.1, 0.15) is 68.4 Å². The van der Waals surface area contributed by atoms with Gasteiger partial charge in [-0.1, -0.05) is 63.4 Å². The van der Waals surface area contributed by atoms with Crippen LogP contribution < -0.4 is 0 Å². The summed E-state index contributed by atoms with van der Waals surface area (Å²) in [6.45, 7) is 7.58. The molecule has 1 aliphatic rings. The highest BCUT2D eigenvalue weighted by Gasteiger charge is 2.29. The van der Waals surface area contributed by atoms with Crippen LogP contribution in [0, 0.1) is 12.8 Å². The van der Waals surface area contributed by atoms with Crippen LogP contribution in [0.15, 0.2) is 41.8 Å². The number of aryl methyl sites for hydroxylation is 1. The van der Waals surface area contributed by atoms with Gasteiger partial charge in [-0.2, -0.15) is 0 Å². The molecule has 0 N–H and O–H groups in total. The van der Waals surface area contributed by atoms with E-state index in [-0.39, 0.29) is 24.4 Å². The molecule has 3 rings (SSSR count). The van der Waals surface area contributed by atoms with Crippen molar-refractivity contribution in [3.63, 3.8) is 0 Å². The van der Waals surface area contributed by atoms with Gasteiger partial charge in [-0.05, 0) is 48.3 Å². The highest BCUT2D eigenvalue weighted by Crippen LogP contribution is 2.25. The summed E-state index contributed by atoms with van der Waals surface area (Å²) >= 11 is 1.69. The van der Waals surface area contributed by atoms with Crippen molar-refractivity contribution in [2.45, 2.75) is 78.4 Å². The van der Waals surface area contributed by atoms with Crippen molar-refractivity contribution < 1.29 is 9.59 Å². The Morgan fingerprint density at radius 2 is 1.71 bits per heavy atom. The highest BCUT2D eigenvalue weighted by atomic mass is 32.1. The average Bonchev–Trinajstić information content (AvgIpc) is 3.16. The van der Waals surface area contributed by atoms with Gasteiger partial charge in [0.05, 0.1) is 6.54 Å². The lowest BCUT2D eigenvalue weighted by Crippen LogP contribution is -2.48. The summed E-state index contributed by atoms with van der Waals surface area (Å²) in [5.41, 5.74) is 2.33. The molecule has 31 heavy (non-hydrogen) atoms. The Morgan fingerprint density at radius 1 is 1.00 bits per heavy atom. The van der Waals surface area contributed by atoms with Gasteiger partial charge in [0.15, 0.2) is 0 Å². The van der Waals surface area contributed by atoms with E-state index in [1.807, 2.05) is 28.0 Å². The number of carbonyl (C=O) groups excluding carboxylic acids is 2. The third kappa shape index (κ3) is 6.93.